The number of hydrogen-bond acceptors (Lipinski definition) is 4. The second-order valence-corrected chi connectivity index (χ2v) is 7.67. The molecule has 0 unspecified atom stereocenters. The van der Waals surface area contributed by atoms with Crippen LogP contribution in [0.3, 0.4) is 0 Å². The Labute approximate surface area is 170 Å². The van der Waals surface area contributed by atoms with Gasteiger partial charge in [0.2, 0.25) is 0 Å². The van der Waals surface area contributed by atoms with Gasteiger partial charge in [0, 0.05) is 12.8 Å². The van der Waals surface area contributed by atoms with E-state index in [4.69, 9.17) is 0 Å². The lowest BCUT2D eigenvalue weighted by Crippen LogP contribution is -2.27. The molecule has 1 atom stereocenters. The summed E-state index contributed by atoms with van der Waals surface area (Å²) in [5, 5.41) is 19.4. The van der Waals surface area contributed by atoms with Gasteiger partial charge in [0.25, 0.3) is 0 Å². The lowest BCUT2D eigenvalue weighted by Gasteiger charge is -2.18. The summed E-state index contributed by atoms with van der Waals surface area (Å²) in [5.74, 6) is -1.12. The number of aliphatic hydroxyl groups is 2. The summed E-state index contributed by atoms with van der Waals surface area (Å²) >= 11 is 0. The normalized spacial score (nSPS) is 17.9. The summed E-state index contributed by atoms with van der Waals surface area (Å²) in [4.78, 5) is 23.9. The molecule has 4 nitrogen and oxygen atoms in total. The van der Waals surface area contributed by atoms with Crippen LogP contribution in [0.15, 0.2) is 35.6 Å². The molecule has 4 heteroatoms. The van der Waals surface area contributed by atoms with Gasteiger partial charge in [-0.25, -0.2) is 0 Å². The number of carbonyl (C=O) groups is 2. The summed E-state index contributed by atoms with van der Waals surface area (Å²) in [6.45, 7) is 2.24. The van der Waals surface area contributed by atoms with Crippen molar-refractivity contribution in [3.05, 3.63) is 35.6 Å². The first-order valence-electron chi connectivity index (χ1n) is 11.1. The predicted molar refractivity (Wildman–Crippen MR) is 114 cm³/mol. The lowest BCUT2D eigenvalue weighted by molar-refractivity contribution is -0.123. The monoisotopic (exact) mass is 390 g/mol. The van der Waals surface area contributed by atoms with Crippen molar-refractivity contribution < 1.29 is 19.8 Å². The Hall–Kier alpha value is -1.68. The van der Waals surface area contributed by atoms with E-state index in [0.717, 1.165) is 25.7 Å². The van der Waals surface area contributed by atoms with Gasteiger partial charge < -0.3 is 10.2 Å². The maximum atomic E-state index is 12.1. The molecule has 0 saturated heterocycles. The van der Waals surface area contributed by atoms with Gasteiger partial charge in [-0.1, -0.05) is 69.8 Å². The zero-order valence-electron chi connectivity index (χ0n) is 17.5. The van der Waals surface area contributed by atoms with E-state index in [2.05, 4.69) is 31.2 Å². The number of allylic oxidation sites excluding steroid dienone is 5. The number of unbranched alkanes of at least 4 members (excludes halogenated alkanes) is 9. The summed E-state index contributed by atoms with van der Waals surface area (Å²) in [7, 11) is 0. The molecule has 0 spiro atoms. The molecular weight excluding hydrogens is 352 g/mol. The quantitative estimate of drug-likeness (QED) is 0.207. The molecule has 0 aromatic rings. The van der Waals surface area contributed by atoms with Crippen LogP contribution in [-0.4, -0.2) is 27.9 Å². The van der Waals surface area contributed by atoms with Crippen molar-refractivity contribution >= 4 is 11.6 Å². The minimum absolute atomic E-state index is 0.128. The van der Waals surface area contributed by atoms with Gasteiger partial charge in [-0.3, -0.25) is 9.59 Å². The molecule has 0 radical (unpaired) electrons. The van der Waals surface area contributed by atoms with Crippen LogP contribution in [-0.2, 0) is 9.59 Å². The molecule has 0 amide bonds. The summed E-state index contributed by atoms with van der Waals surface area (Å²) < 4.78 is 0. The van der Waals surface area contributed by atoms with Gasteiger partial charge in [-0.15, -0.1) is 0 Å². The molecule has 0 heterocycles. The lowest BCUT2D eigenvalue weighted by atomic mass is 9.89. The fraction of sp³-hybridized carbons (Fsp3) is 0.667. The van der Waals surface area contributed by atoms with Crippen LogP contribution in [0.25, 0.3) is 0 Å². The zero-order chi connectivity index (χ0) is 20.6. The average Bonchev–Trinajstić information content (AvgIpc) is 2.68. The maximum Gasteiger partial charge on any atom is 0.170 e. The number of ketones is 2. The van der Waals surface area contributed by atoms with Crippen molar-refractivity contribution in [3.63, 3.8) is 0 Å². The number of Topliss-reactive ketones (excluding diaryl/α,β-unsaturated/α-hetero) is 2. The Morgan fingerprint density at radius 1 is 0.964 bits per heavy atom. The van der Waals surface area contributed by atoms with E-state index in [-0.39, 0.29) is 36.4 Å². The maximum absolute atomic E-state index is 12.1. The van der Waals surface area contributed by atoms with Gasteiger partial charge in [-0.2, -0.15) is 0 Å². The fourth-order valence-corrected chi connectivity index (χ4v) is 3.38. The molecule has 1 aliphatic carbocycles. The Morgan fingerprint density at radius 2 is 1.54 bits per heavy atom. The Bertz CT molecular complexity index is 557. The zero-order valence-corrected chi connectivity index (χ0v) is 17.5. The van der Waals surface area contributed by atoms with Crippen LogP contribution in [0.2, 0.25) is 0 Å². The molecule has 0 aliphatic heterocycles. The van der Waals surface area contributed by atoms with E-state index in [1.54, 1.807) is 0 Å². The number of aliphatic hydroxyl groups excluding tert-OH is 2. The van der Waals surface area contributed by atoms with Gasteiger partial charge in [0.15, 0.2) is 11.6 Å². The topological polar surface area (TPSA) is 74.6 Å². The highest BCUT2D eigenvalue weighted by Crippen LogP contribution is 2.23. The molecule has 0 saturated carbocycles. The molecular formula is C24H38O4. The number of rotatable bonds is 15. The minimum Gasteiger partial charge on any atom is -0.509 e. The summed E-state index contributed by atoms with van der Waals surface area (Å²) in [6, 6.07) is 0. The smallest absolute Gasteiger partial charge is 0.170 e. The number of hydrogen-bond donors (Lipinski definition) is 2. The van der Waals surface area contributed by atoms with Crippen molar-refractivity contribution in [1.82, 2.24) is 0 Å². The Kier molecular flexibility index (Phi) is 13.3. The van der Waals surface area contributed by atoms with Crippen molar-refractivity contribution in [1.29, 1.82) is 0 Å². The Morgan fingerprint density at radius 3 is 2.18 bits per heavy atom. The third-order valence-electron chi connectivity index (χ3n) is 5.16. The molecule has 2 N–H and O–H groups in total. The largest absolute Gasteiger partial charge is 0.509 e. The first kappa shape index (κ1) is 24.4. The fourth-order valence-electron chi connectivity index (χ4n) is 3.38. The van der Waals surface area contributed by atoms with Crippen molar-refractivity contribution in [2.24, 2.45) is 0 Å². The van der Waals surface area contributed by atoms with E-state index >= 15 is 0 Å². The molecule has 1 aliphatic rings. The van der Waals surface area contributed by atoms with Crippen molar-refractivity contribution in [2.45, 2.75) is 103 Å². The van der Waals surface area contributed by atoms with E-state index in [1.807, 2.05) is 0 Å². The van der Waals surface area contributed by atoms with Crippen LogP contribution >= 0.6 is 0 Å². The first-order chi connectivity index (χ1) is 13.6. The highest BCUT2D eigenvalue weighted by molar-refractivity contribution is 6.21. The summed E-state index contributed by atoms with van der Waals surface area (Å²) in [6.07, 6.45) is 20.8. The standard InChI is InChI=1S/C24H38O4/c1-2-3-4-5-6-7-8-9-10-11-12-13-14-15-16-17-20(25)23-21(26)18-19-22(27)24(23)28/h9-12,22,27-28H,2-8,13-19H2,1H3/t22-/m1/s1. The minimum atomic E-state index is -1.07. The van der Waals surface area contributed by atoms with E-state index in [9.17, 15) is 19.8 Å². The Balaban J connectivity index is 2.06. The van der Waals surface area contributed by atoms with Gasteiger partial charge in [0.1, 0.15) is 17.4 Å². The van der Waals surface area contributed by atoms with Gasteiger partial charge in [0.05, 0.1) is 0 Å². The second kappa shape index (κ2) is 15.3. The second-order valence-electron chi connectivity index (χ2n) is 7.67. The van der Waals surface area contributed by atoms with Crippen LogP contribution in [0.4, 0.5) is 0 Å². The molecule has 0 fully saturated rings. The summed E-state index contributed by atoms with van der Waals surface area (Å²) in [5.41, 5.74) is -0.172. The van der Waals surface area contributed by atoms with Crippen molar-refractivity contribution in [3.8, 4) is 0 Å². The highest BCUT2D eigenvalue weighted by atomic mass is 16.3. The van der Waals surface area contributed by atoms with E-state index < -0.39 is 11.9 Å². The van der Waals surface area contributed by atoms with Crippen LogP contribution in [0.1, 0.15) is 96.8 Å². The first-order valence-corrected chi connectivity index (χ1v) is 11.1. The molecule has 0 bridgehead atoms. The molecule has 28 heavy (non-hydrogen) atoms. The average molecular weight is 391 g/mol. The molecule has 0 aromatic carbocycles. The van der Waals surface area contributed by atoms with Crippen molar-refractivity contribution in [2.75, 3.05) is 0 Å². The SMILES string of the molecule is CCCCCCCCC=CC=CCCCCCC(=O)C1=C(O)[C@H](O)CCC1=O. The van der Waals surface area contributed by atoms with E-state index in [0.29, 0.717) is 6.42 Å². The number of carbonyl (C=O) groups excluding carboxylic acids is 2. The third kappa shape index (κ3) is 10.0. The predicted octanol–water partition coefficient (Wildman–Crippen LogP) is 5.90. The molecule has 158 valence electrons. The molecule has 0 aromatic heterocycles. The van der Waals surface area contributed by atoms with Gasteiger partial charge in [-0.05, 0) is 38.5 Å². The van der Waals surface area contributed by atoms with Crippen LogP contribution < -0.4 is 0 Å². The third-order valence-corrected chi connectivity index (χ3v) is 5.16. The molecule has 1 rings (SSSR count). The van der Waals surface area contributed by atoms with Crippen LogP contribution in [0.5, 0.6) is 0 Å². The van der Waals surface area contributed by atoms with E-state index in [1.165, 1.54) is 38.5 Å². The highest BCUT2D eigenvalue weighted by Gasteiger charge is 2.30. The van der Waals surface area contributed by atoms with Gasteiger partial charge >= 0.3 is 0 Å². The van der Waals surface area contributed by atoms with Crippen LogP contribution in [0, 0.1) is 0 Å².